The second kappa shape index (κ2) is 6.62. The number of benzene rings is 1. The van der Waals surface area contributed by atoms with E-state index >= 15 is 0 Å². The Balaban J connectivity index is 1.56. The number of amides is 2. The monoisotopic (exact) mass is 328 g/mol. The molecule has 118 valence electrons. The molecular weight excluding hydrogens is 312 g/mol. The van der Waals surface area contributed by atoms with E-state index in [1.54, 1.807) is 17.4 Å². The van der Waals surface area contributed by atoms with Gasteiger partial charge in [-0.1, -0.05) is 5.16 Å². The number of aryl methyl sites for hydroxylation is 2. The van der Waals surface area contributed by atoms with Crippen molar-refractivity contribution in [2.45, 2.75) is 20.4 Å². The van der Waals surface area contributed by atoms with E-state index in [4.69, 9.17) is 4.52 Å². The van der Waals surface area contributed by atoms with Crippen molar-refractivity contribution in [1.29, 1.82) is 0 Å². The third-order valence-corrected chi connectivity index (χ3v) is 4.12. The summed E-state index contributed by atoms with van der Waals surface area (Å²) in [6.45, 7) is 4.10. The molecule has 0 bridgehead atoms. The molecule has 23 heavy (non-hydrogen) atoms. The number of hydrogen-bond donors (Lipinski definition) is 2. The minimum Gasteiger partial charge on any atom is -0.361 e. The van der Waals surface area contributed by atoms with Crippen molar-refractivity contribution in [3.05, 3.63) is 52.9 Å². The Bertz CT molecular complexity index is 808. The number of urea groups is 1. The fraction of sp³-hybridized carbons (Fsp3) is 0.188. The van der Waals surface area contributed by atoms with E-state index in [9.17, 15) is 4.79 Å². The highest BCUT2D eigenvalue weighted by Gasteiger charge is 2.06. The van der Waals surface area contributed by atoms with Crippen molar-refractivity contribution in [2.75, 3.05) is 5.32 Å². The highest BCUT2D eigenvalue weighted by molar-refractivity contribution is 7.13. The molecule has 0 atom stereocenters. The van der Waals surface area contributed by atoms with E-state index in [2.05, 4.69) is 20.8 Å². The molecular formula is C16H16N4O2S. The Morgan fingerprint density at radius 3 is 2.65 bits per heavy atom. The van der Waals surface area contributed by atoms with Crippen LogP contribution in [0.25, 0.3) is 10.6 Å². The molecule has 3 aromatic rings. The first-order valence-corrected chi connectivity index (χ1v) is 7.98. The molecule has 0 spiro atoms. The van der Waals surface area contributed by atoms with Crippen LogP contribution in [0.5, 0.6) is 0 Å². The quantitative estimate of drug-likeness (QED) is 0.764. The van der Waals surface area contributed by atoms with Crippen LogP contribution >= 0.6 is 11.3 Å². The first-order valence-electron chi connectivity index (χ1n) is 7.10. The van der Waals surface area contributed by atoms with Crippen LogP contribution < -0.4 is 10.6 Å². The van der Waals surface area contributed by atoms with Crippen LogP contribution in [-0.4, -0.2) is 16.2 Å². The zero-order valence-corrected chi connectivity index (χ0v) is 13.6. The Kier molecular flexibility index (Phi) is 4.38. The molecule has 0 fully saturated rings. The fourth-order valence-corrected chi connectivity index (χ4v) is 2.83. The Hall–Kier alpha value is -2.67. The molecule has 0 unspecified atom stereocenters. The number of nitrogens with zero attached hydrogens (tertiary/aromatic N) is 2. The summed E-state index contributed by atoms with van der Waals surface area (Å²) in [6.07, 6.45) is 0. The number of carbonyl (C=O) groups is 1. The van der Waals surface area contributed by atoms with Crippen LogP contribution in [0.4, 0.5) is 10.5 Å². The summed E-state index contributed by atoms with van der Waals surface area (Å²) in [7, 11) is 0. The maximum absolute atomic E-state index is 11.9. The third kappa shape index (κ3) is 3.95. The van der Waals surface area contributed by atoms with Gasteiger partial charge < -0.3 is 15.2 Å². The van der Waals surface area contributed by atoms with Gasteiger partial charge in [-0.3, -0.25) is 0 Å². The summed E-state index contributed by atoms with van der Waals surface area (Å²) >= 11 is 1.60. The third-order valence-electron chi connectivity index (χ3n) is 3.12. The Labute approximate surface area is 137 Å². The predicted molar refractivity (Wildman–Crippen MR) is 89.4 cm³/mol. The van der Waals surface area contributed by atoms with E-state index in [-0.39, 0.29) is 6.03 Å². The van der Waals surface area contributed by atoms with Gasteiger partial charge in [-0.2, -0.15) is 0 Å². The lowest BCUT2D eigenvalue weighted by Crippen LogP contribution is -2.28. The molecule has 3 rings (SSSR count). The van der Waals surface area contributed by atoms with Gasteiger partial charge in [-0.25, -0.2) is 9.78 Å². The molecule has 2 aromatic heterocycles. The highest BCUT2D eigenvalue weighted by Crippen LogP contribution is 2.24. The van der Waals surface area contributed by atoms with Gasteiger partial charge in [0.2, 0.25) is 0 Å². The van der Waals surface area contributed by atoms with Crippen molar-refractivity contribution in [1.82, 2.24) is 15.5 Å². The summed E-state index contributed by atoms with van der Waals surface area (Å²) in [6, 6.07) is 9.08. The van der Waals surface area contributed by atoms with Gasteiger partial charge >= 0.3 is 6.03 Å². The number of nitrogens with one attached hydrogen (secondary N) is 2. The number of anilines is 1. The van der Waals surface area contributed by atoms with Gasteiger partial charge in [0.25, 0.3) is 0 Å². The Morgan fingerprint density at radius 1 is 1.26 bits per heavy atom. The van der Waals surface area contributed by atoms with Crippen LogP contribution in [0.2, 0.25) is 0 Å². The summed E-state index contributed by atoms with van der Waals surface area (Å²) in [5.41, 5.74) is 3.45. The number of hydrogen-bond acceptors (Lipinski definition) is 5. The van der Waals surface area contributed by atoms with Gasteiger partial charge in [-0.05, 0) is 38.1 Å². The smallest absolute Gasteiger partial charge is 0.319 e. The lowest BCUT2D eigenvalue weighted by molar-refractivity contribution is 0.251. The molecule has 2 amide bonds. The average Bonchev–Trinajstić information content (AvgIpc) is 3.15. The molecule has 2 heterocycles. The van der Waals surface area contributed by atoms with Crippen LogP contribution in [0.1, 0.15) is 17.1 Å². The van der Waals surface area contributed by atoms with Crippen LogP contribution in [0.3, 0.4) is 0 Å². The van der Waals surface area contributed by atoms with E-state index in [0.717, 1.165) is 27.7 Å². The van der Waals surface area contributed by atoms with Crippen molar-refractivity contribution >= 4 is 23.1 Å². The fourth-order valence-electron chi connectivity index (χ4n) is 2.03. The molecule has 6 nitrogen and oxygen atoms in total. The van der Waals surface area contributed by atoms with E-state index in [1.807, 2.05) is 43.5 Å². The molecule has 1 aromatic carbocycles. The van der Waals surface area contributed by atoms with Crippen molar-refractivity contribution < 1.29 is 9.32 Å². The molecule has 0 radical (unpaired) electrons. The van der Waals surface area contributed by atoms with Crippen LogP contribution in [0.15, 0.2) is 40.2 Å². The normalized spacial score (nSPS) is 10.5. The SMILES string of the molecule is Cc1csc(-c2ccc(NC(=O)NCc3cc(C)on3)cc2)n1. The number of carbonyl (C=O) groups excluding carboxylic acids is 1. The van der Waals surface area contributed by atoms with Gasteiger partial charge in [0.05, 0.1) is 6.54 Å². The predicted octanol–water partition coefficient (Wildman–Crippen LogP) is 3.74. The summed E-state index contributed by atoms with van der Waals surface area (Å²) in [4.78, 5) is 16.3. The summed E-state index contributed by atoms with van der Waals surface area (Å²) in [5.74, 6) is 0.718. The molecule has 0 aliphatic rings. The zero-order chi connectivity index (χ0) is 16.2. The lowest BCUT2D eigenvalue weighted by Gasteiger charge is -2.06. The van der Waals surface area contributed by atoms with Crippen molar-refractivity contribution in [3.8, 4) is 10.6 Å². The van der Waals surface area contributed by atoms with Crippen molar-refractivity contribution in [2.24, 2.45) is 0 Å². The number of thiazole rings is 1. The summed E-state index contributed by atoms with van der Waals surface area (Å²) in [5, 5.41) is 12.3. The van der Waals surface area contributed by atoms with E-state index < -0.39 is 0 Å². The molecule has 0 aliphatic heterocycles. The second-order valence-electron chi connectivity index (χ2n) is 5.11. The van der Waals surface area contributed by atoms with Crippen LogP contribution in [0, 0.1) is 13.8 Å². The molecule has 7 heteroatoms. The maximum Gasteiger partial charge on any atom is 0.319 e. The van der Waals surface area contributed by atoms with Crippen LogP contribution in [-0.2, 0) is 6.54 Å². The average molecular weight is 328 g/mol. The second-order valence-corrected chi connectivity index (χ2v) is 5.97. The first kappa shape index (κ1) is 15.2. The van der Waals surface area contributed by atoms with Gasteiger partial charge in [0, 0.05) is 28.4 Å². The van der Waals surface area contributed by atoms with E-state index in [0.29, 0.717) is 12.2 Å². The molecule has 0 saturated carbocycles. The lowest BCUT2D eigenvalue weighted by atomic mass is 10.2. The topological polar surface area (TPSA) is 80.0 Å². The standard InChI is InChI=1S/C16H16N4O2S/c1-10-9-23-15(18-10)12-3-5-13(6-4-12)19-16(21)17-8-14-7-11(2)22-20-14/h3-7,9H,8H2,1-2H3,(H2,17,19,21). The molecule has 0 aliphatic carbocycles. The number of aromatic nitrogens is 2. The Morgan fingerprint density at radius 2 is 2.04 bits per heavy atom. The molecule has 2 N–H and O–H groups in total. The number of rotatable bonds is 4. The summed E-state index contributed by atoms with van der Waals surface area (Å²) < 4.78 is 4.95. The zero-order valence-electron chi connectivity index (χ0n) is 12.8. The van der Waals surface area contributed by atoms with E-state index in [1.165, 1.54) is 0 Å². The first-order chi connectivity index (χ1) is 11.1. The van der Waals surface area contributed by atoms with Crippen molar-refractivity contribution in [3.63, 3.8) is 0 Å². The maximum atomic E-state index is 11.9. The highest BCUT2D eigenvalue weighted by atomic mass is 32.1. The van der Waals surface area contributed by atoms with Gasteiger partial charge in [-0.15, -0.1) is 11.3 Å². The molecule has 0 saturated heterocycles. The minimum absolute atomic E-state index is 0.288. The van der Waals surface area contributed by atoms with Gasteiger partial charge in [0.15, 0.2) is 0 Å². The minimum atomic E-state index is -0.288. The largest absolute Gasteiger partial charge is 0.361 e. The van der Waals surface area contributed by atoms with Gasteiger partial charge in [0.1, 0.15) is 16.5 Å².